The first-order valence-electron chi connectivity index (χ1n) is 7.61. The van der Waals surface area contributed by atoms with Crippen molar-refractivity contribution in [2.75, 3.05) is 13.2 Å². The maximum Gasteiger partial charge on any atom is 0.392 e. The van der Waals surface area contributed by atoms with Gasteiger partial charge in [0.25, 0.3) is 0 Å². The number of carbonyl (C=O) groups is 1. The molecule has 9 heteroatoms. The van der Waals surface area contributed by atoms with E-state index in [0.717, 1.165) is 0 Å². The Morgan fingerprint density at radius 2 is 1.50 bits per heavy atom. The molecule has 2 atom stereocenters. The van der Waals surface area contributed by atoms with Crippen LogP contribution in [0.15, 0.2) is 12.8 Å². The van der Waals surface area contributed by atoms with Gasteiger partial charge in [0.1, 0.15) is 0 Å². The standard InChI is InChI=1S/C15H20F6O3/c1-2-23-8-3-4-9-24-13(22)12-10(14(16,17)18)6-5-7-11(12)15(19,20)21/h2,10-12H,1,3-9H2. The van der Waals surface area contributed by atoms with E-state index in [4.69, 9.17) is 9.47 Å². The van der Waals surface area contributed by atoms with Gasteiger partial charge >= 0.3 is 18.3 Å². The third kappa shape index (κ3) is 5.90. The molecule has 1 saturated carbocycles. The van der Waals surface area contributed by atoms with Crippen molar-refractivity contribution in [2.24, 2.45) is 17.8 Å². The van der Waals surface area contributed by atoms with Gasteiger partial charge in [-0.25, -0.2) is 0 Å². The lowest BCUT2D eigenvalue weighted by molar-refractivity contribution is -0.249. The Hall–Kier alpha value is -1.41. The van der Waals surface area contributed by atoms with Crippen molar-refractivity contribution in [1.82, 2.24) is 0 Å². The summed E-state index contributed by atoms with van der Waals surface area (Å²) in [7, 11) is 0. The van der Waals surface area contributed by atoms with Gasteiger partial charge in [0.05, 0.1) is 37.2 Å². The summed E-state index contributed by atoms with van der Waals surface area (Å²) in [5.41, 5.74) is 0. The lowest BCUT2D eigenvalue weighted by Gasteiger charge is -2.38. The quantitative estimate of drug-likeness (QED) is 0.287. The number of hydrogen-bond donors (Lipinski definition) is 0. The van der Waals surface area contributed by atoms with Crippen LogP contribution >= 0.6 is 0 Å². The molecule has 1 aliphatic carbocycles. The number of hydrogen-bond acceptors (Lipinski definition) is 3. The zero-order chi connectivity index (χ0) is 18.4. The summed E-state index contributed by atoms with van der Waals surface area (Å²) in [4.78, 5) is 11.9. The molecule has 24 heavy (non-hydrogen) atoms. The molecule has 0 N–H and O–H groups in total. The van der Waals surface area contributed by atoms with E-state index in [9.17, 15) is 31.1 Å². The number of esters is 1. The van der Waals surface area contributed by atoms with Crippen molar-refractivity contribution in [1.29, 1.82) is 0 Å². The topological polar surface area (TPSA) is 35.5 Å². The fraction of sp³-hybridized carbons (Fsp3) is 0.800. The largest absolute Gasteiger partial charge is 0.502 e. The minimum Gasteiger partial charge on any atom is -0.502 e. The van der Waals surface area contributed by atoms with E-state index in [1.165, 1.54) is 6.26 Å². The fourth-order valence-corrected chi connectivity index (χ4v) is 2.90. The first kappa shape index (κ1) is 20.6. The van der Waals surface area contributed by atoms with E-state index in [0.29, 0.717) is 6.42 Å². The molecule has 0 amide bonds. The van der Waals surface area contributed by atoms with Crippen LogP contribution in [0.1, 0.15) is 32.1 Å². The molecule has 3 nitrogen and oxygen atoms in total. The van der Waals surface area contributed by atoms with Crippen LogP contribution in [0.5, 0.6) is 0 Å². The van der Waals surface area contributed by atoms with Gasteiger partial charge in [0.2, 0.25) is 0 Å². The molecule has 0 aromatic heterocycles. The normalized spacial score (nSPS) is 25.2. The van der Waals surface area contributed by atoms with Crippen LogP contribution in [0.25, 0.3) is 0 Å². The Morgan fingerprint density at radius 1 is 1.00 bits per heavy atom. The summed E-state index contributed by atoms with van der Waals surface area (Å²) >= 11 is 0. The maximum atomic E-state index is 13.0. The second kappa shape index (κ2) is 8.62. The smallest absolute Gasteiger partial charge is 0.392 e. The number of alkyl halides is 6. The highest BCUT2D eigenvalue weighted by Gasteiger charge is 2.59. The van der Waals surface area contributed by atoms with Gasteiger partial charge < -0.3 is 9.47 Å². The number of rotatable bonds is 7. The van der Waals surface area contributed by atoms with Crippen LogP contribution in [0.4, 0.5) is 26.3 Å². The Kier molecular flexibility index (Phi) is 7.41. The Morgan fingerprint density at radius 3 is 1.96 bits per heavy atom. The monoisotopic (exact) mass is 362 g/mol. The highest BCUT2D eigenvalue weighted by Crippen LogP contribution is 2.49. The summed E-state index contributed by atoms with van der Waals surface area (Å²) in [6, 6.07) is 0. The van der Waals surface area contributed by atoms with Gasteiger partial charge in [-0.15, -0.1) is 0 Å². The minimum atomic E-state index is -4.87. The average molecular weight is 362 g/mol. The molecule has 0 spiro atoms. The van der Waals surface area contributed by atoms with E-state index < -0.39 is 48.9 Å². The predicted octanol–water partition coefficient (Wildman–Crippen LogP) is 4.63. The van der Waals surface area contributed by atoms with Gasteiger partial charge in [-0.1, -0.05) is 13.0 Å². The van der Waals surface area contributed by atoms with Gasteiger partial charge in [0.15, 0.2) is 0 Å². The molecule has 0 saturated heterocycles. The highest BCUT2D eigenvalue weighted by molar-refractivity contribution is 5.73. The lowest BCUT2D eigenvalue weighted by Crippen LogP contribution is -2.47. The van der Waals surface area contributed by atoms with E-state index in [1.807, 2.05) is 0 Å². The van der Waals surface area contributed by atoms with Gasteiger partial charge in [-0.05, 0) is 25.7 Å². The molecule has 1 rings (SSSR count). The van der Waals surface area contributed by atoms with Crippen LogP contribution in [-0.4, -0.2) is 31.5 Å². The molecule has 0 bridgehead atoms. The molecule has 0 radical (unpaired) electrons. The van der Waals surface area contributed by atoms with E-state index in [1.54, 1.807) is 0 Å². The molecule has 2 unspecified atom stereocenters. The molecule has 0 heterocycles. The van der Waals surface area contributed by atoms with E-state index in [2.05, 4.69) is 6.58 Å². The summed E-state index contributed by atoms with van der Waals surface area (Å²) in [5, 5.41) is 0. The Labute approximate surface area is 136 Å². The van der Waals surface area contributed by atoms with Crippen molar-refractivity contribution in [2.45, 2.75) is 44.5 Å². The third-order valence-electron chi connectivity index (χ3n) is 4.03. The number of halogens is 6. The van der Waals surface area contributed by atoms with Crippen molar-refractivity contribution >= 4 is 5.97 Å². The van der Waals surface area contributed by atoms with Crippen LogP contribution in [-0.2, 0) is 14.3 Å². The van der Waals surface area contributed by atoms with E-state index in [-0.39, 0.29) is 26.1 Å². The molecular weight excluding hydrogens is 342 g/mol. The van der Waals surface area contributed by atoms with Gasteiger partial charge in [-0.3, -0.25) is 4.79 Å². The summed E-state index contributed by atoms with van der Waals surface area (Å²) in [5.74, 6) is -8.31. The Bertz CT molecular complexity index is 396. The third-order valence-corrected chi connectivity index (χ3v) is 4.03. The van der Waals surface area contributed by atoms with Crippen molar-refractivity contribution in [3.63, 3.8) is 0 Å². The first-order valence-corrected chi connectivity index (χ1v) is 7.61. The van der Waals surface area contributed by atoms with Gasteiger partial charge in [0, 0.05) is 0 Å². The predicted molar refractivity (Wildman–Crippen MR) is 72.8 cm³/mol. The number of ether oxygens (including phenoxy) is 2. The summed E-state index contributed by atoms with van der Waals surface area (Å²) in [6.45, 7) is 3.34. The average Bonchev–Trinajstić information content (AvgIpc) is 2.48. The van der Waals surface area contributed by atoms with Crippen LogP contribution in [0.2, 0.25) is 0 Å². The summed E-state index contributed by atoms with van der Waals surface area (Å²) < 4.78 is 87.7. The van der Waals surface area contributed by atoms with Crippen molar-refractivity contribution in [3.8, 4) is 0 Å². The zero-order valence-electron chi connectivity index (χ0n) is 13.0. The molecule has 140 valence electrons. The second-order valence-electron chi connectivity index (χ2n) is 5.66. The molecular formula is C15H20F6O3. The van der Waals surface area contributed by atoms with Crippen molar-refractivity contribution < 1.29 is 40.6 Å². The lowest BCUT2D eigenvalue weighted by atomic mass is 9.71. The molecule has 1 fully saturated rings. The van der Waals surface area contributed by atoms with Crippen LogP contribution in [0.3, 0.4) is 0 Å². The minimum absolute atomic E-state index is 0.225. The number of unbranched alkanes of at least 4 members (excludes halogenated alkanes) is 1. The Balaban J connectivity index is 2.73. The zero-order valence-corrected chi connectivity index (χ0v) is 13.0. The van der Waals surface area contributed by atoms with E-state index >= 15 is 0 Å². The fourth-order valence-electron chi connectivity index (χ4n) is 2.90. The number of carbonyl (C=O) groups excluding carboxylic acids is 1. The molecule has 0 aliphatic heterocycles. The van der Waals surface area contributed by atoms with Crippen LogP contribution in [0, 0.1) is 17.8 Å². The molecule has 0 aromatic rings. The molecule has 1 aliphatic rings. The van der Waals surface area contributed by atoms with Gasteiger partial charge in [-0.2, -0.15) is 26.3 Å². The summed E-state index contributed by atoms with van der Waals surface area (Å²) in [6.07, 6.45) is -9.04. The maximum absolute atomic E-state index is 13.0. The van der Waals surface area contributed by atoms with Crippen LogP contribution < -0.4 is 0 Å². The second-order valence-corrected chi connectivity index (χ2v) is 5.66. The first-order chi connectivity index (χ1) is 11.1. The highest BCUT2D eigenvalue weighted by atomic mass is 19.4. The molecule has 0 aromatic carbocycles. The SMILES string of the molecule is C=COCCCCOC(=O)C1C(C(F)(F)F)CCCC1C(F)(F)F. The van der Waals surface area contributed by atoms with Crippen molar-refractivity contribution in [3.05, 3.63) is 12.8 Å².